The highest BCUT2D eigenvalue weighted by Gasteiger charge is 2.23. The number of hydrogen-bond acceptors (Lipinski definition) is 4. The molecule has 0 saturated carbocycles. The molecule has 0 fully saturated rings. The summed E-state index contributed by atoms with van der Waals surface area (Å²) in [6, 6.07) is 5.80. The van der Waals surface area contributed by atoms with Gasteiger partial charge in [0.2, 0.25) is 0 Å². The number of pyridine rings is 1. The van der Waals surface area contributed by atoms with E-state index in [0.29, 0.717) is 5.82 Å². The molecule has 0 aliphatic heterocycles. The zero-order valence-electron chi connectivity index (χ0n) is 12.9. The second kappa shape index (κ2) is 6.68. The SMILES string of the molecule is CCCNc1nc(-c2ccccn2)nc(C(C)(C)C)c1I. The molecule has 0 saturated heterocycles. The van der Waals surface area contributed by atoms with Gasteiger partial charge in [-0.15, -0.1) is 0 Å². The van der Waals surface area contributed by atoms with Crippen LogP contribution in [-0.2, 0) is 5.41 Å². The molecule has 0 aliphatic rings. The van der Waals surface area contributed by atoms with Crippen molar-refractivity contribution in [3.63, 3.8) is 0 Å². The summed E-state index contributed by atoms with van der Waals surface area (Å²) in [6.45, 7) is 9.56. The number of hydrogen-bond donors (Lipinski definition) is 1. The maximum Gasteiger partial charge on any atom is 0.180 e. The van der Waals surface area contributed by atoms with Gasteiger partial charge in [0.05, 0.1) is 9.26 Å². The number of nitrogens with zero attached hydrogens (tertiary/aromatic N) is 3. The molecule has 112 valence electrons. The third-order valence-corrected chi connectivity index (χ3v) is 4.02. The minimum Gasteiger partial charge on any atom is -0.369 e. The van der Waals surface area contributed by atoms with Gasteiger partial charge in [-0.3, -0.25) is 4.98 Å². The molecule has 0 aliphatic carbocycles. The Hall–Kier alpha value is -1.24. The van der Waals surface area contributed by atoms with Crippen molar-refractivity contribution in [2.45, 2.75) is 39.5 Å². The first-order valence-electron chi connectivity index (χ1n) is 7.16. The predicted molar refractivity (Wildman–Crippen MR) is 95.5 cm³/mol. The third-order valence-electron chi connectivity index (χ3n) is 3.00. The lowest BCUT2D eigenvalue weighted by Crippen LogP contribution is -2.19. The van der Waals surface area contributed by atoms with Crippen molar-refractivity contribution in [1.29, 1.82) is 0 Å². The molecule has 2 aromatic heterocycles. The van der Waals surface area contributed by atoms with Crippen LogP contribution in [0, 0.1) is 3.57 Å². The number of nitrogens with one attached hydrogen (secondary N) is 1. The first kappa shape index (κ1) is 16.1. The molecule has 2 heterocycles. The van der Waals surface area contributed by atoms with Gasteiger partial charge in [-0.1, -0.05) is 33.8 Å². The van der Waals surface area contributed by atoms with E-state index in [1.54, 1.807) is 6.20 Å². The standard InChI is InChI=1S/C16H21IN4/c1-5-9-19-15-12(17)13(16(2,3)4)20-14(21-15)11-8-6-7-10-18-11/h6-8,10H,5,9H2,1-4H3,(H,19,20,21). The Balaban J connectivity index is 2.56. The maximum absolute atomic E-state index is 4.76. The molecular weight excluding hydrogens is 375 g/mol. The molecule has 4 nitrogen and oxygen atoms in total. The summed E-state index contributed by atoms with van der Waals surface area (Å²) in [5.41, 5.74) is 1.82. The summed E-state index contributed by atoms with van der Waals surface area (Å²) in [5.74, 6) is 1.58. The number of anilines is 1. The quantitative estimate of drug-likeness (QED) is 0.785. The van der Waals surface area contributed by atoms with E-state index in [-0.39, 0.29) is 5.41 Å². The van der Waals surface area contributed by atoms with Crippen LogP contribution in [0.15, 0.2) is 24.4 Å². The van der Waals surface area contributed by atoms with Crippen molar-refractivity contribution in [2.75, 3.05) is 11.9 Å². The molecule has 21 heavy (non-hydrogen) atoms. The van der Waals surface area contributed by atoms with Gasteiger partial charge in [-0.25, -0.2) is 9.97 Å². The van der Waals surface area contributed by atoms with Gasteiger partial charge in [-0.05, 0) is 41.1 Å². The second-order valence-electron chi connectivity index (χ2n) is 5.95. The molecule has 0 atom stereocenters. The summed E-state index contributed by atoms with van der Waals surface area (Å²) >= 11 is 2.33. The predicted octanol–water partition coefficient (Wildman–Crippen LogP) is 4.26. The highest BCUT2D eigenvalue weighted by atomic mass is 127. The highest BCUT2D eigenvalue weighted by Crippen LogP contribution is 2.31. The topological polar surface area (TPSA) is 50.7 Å². The Morgan fingerprint density at radius 3 is 2.52 bits per heavy atom. The lowest BCUT2D eigenvalue weighted by molar-refractivity contribution is 0.564. The number of aromatic nitrogens is 3. The van der Waals surface area contributed by atoms with E-state index in [4.69, 9.17) is 4.98 Å². The van der Waals surface area contributed by atoms with Gasteiger partial charge in [0.1, 0.15) is 11.5 Å². The van der Waals surface area contributed by atoms with Crippen molar-refractivity contribution >= 4 is 28.4 Å². The van der Waals surface area contributed by atoms with Crippen molar-refractivity contribution in [2.24, 2.45) is 0 Å². The van der Waals surface area contributed by atoms with Crippen molar-refractivity contribution in [1.82, 2.24) is 15.0 Å². The van der Waals surface area contributed by atoms with E-state index >= 15 is 0 Å². The molecule has 5 heteroatoms. The van der Waals surface area contributed by atoms with E-state index < -0.39 is 0 Å². The highest BCUT2D eigenvalue weighted by molar-refractivity contribution is 14.1. The van der Waals surface area contributed by atoms with Gasteiger partial charge in [0.15, 0.2) is 5.82 Å². The van der Waals surface area contributed by atoms with Gasteiger partial charge in [0, 0.05) is 18.2 Å². The lowest BCUT2D eigenvalue weighted by Gasteiger charge is -2.22. The van der Waals surface area contributed by atoms with Crippen LogP contribution in [0.3, 0.4) is 0 Å². The van der Waals surface area contributed by atoms with Crippen molar-refractivity contribution in [3.8, 4) is 11.5 Å². The first-order chi connectivity index (χ1) is 9.93. The van der Waals surface area contributed by atoms with Crippen molar-refractivity contribution < 1.29 is 0 Å². The zero-order valence-corrected chi connectivity index (χ0v) is 15.1. The van der Waals surface area contributed by atoms with Crippen molar-refractivity contribution in [3.05, 3.63) is 33.7 Å². The second-order valence-corrected chi connectivity index (χ2v) is 7.03. The molecule has 0 bridgehead atoms. The Labute approximate surface area is 140 Å². The normalized spacial score (nSPS) is 11.5. The summed E-state index contributed by atoms with van der Waals surface area (Å²) in [6.07, 6.45) is 2.83. The summed E-state index contributed by atoms with van der Waals surface area (Å²) in [7, 11) is 0. The molecule has 0 amide bonds. The Morgan fingerprint density at radius 1 is 1.19 bits per heavy atom. The van der Waals surface area contributed by atoms with E-state index in [0.717, 1.165) is 33.7 Å². The van der Waals surface area contributed by atoms with Crippen LogP contribution < -0.4 is 5.32 Å². The monoisotopic (exact) mass is 396 g/mol. The molecule has 0 spiro atoms. The molecule has 2 aromatic rings. The smallest absolute Gasteiger partial charge is 0.180 e. The van der Waals surface area contributed by atoms with E-state index in [1.165, 1.54) is 0 Å². The molecule has 0 radical (unpaired) electrons. The minimum absolute atomic E-state index is 0.0361. The van der Waals surface area contributed by atoms with Crippen LogP contribution in [0.25, 0.3) is 11.5 Å². The first-order valence-corrected chi connectivity index (χ1v) is 8.24. The van der Waals surface area contributed by atoms with Gasteiger partial charge in [-0.2, -0.15) is 0 Å². The molecule has 0 aromatic carbocycles. The maximum atomic E-state index is 4.76. The van der Waals surface area contributed by atoms with Crippen LogP contribution in [0.4, 0.5) is 5.82 Å². The van der Waals surface area contributed by atoms with Crippen LogP contribution in [-0.4, -0.2) is 21.5 Å². The molecular formula is C16H21IN4. The van der Waals surface area contributed by atoms with Gasteiger partial charge < -0.3 is 5.32 Å². The minimum atomic E-state index is -0.0361. The van der Waals surface area contributed by atoms with Crippen LogP contribution in [0.2, 0.25) is 0 Å². The molecule has 2 rings (SSSR count). The fourth-order valence-electron chi connectivity index (χ4n) is 1.91. The Morgan fingerprint density at radius 2 is 1.95 bits per heavy atom. The van der Waals surface area contributed by atoms with E-state index in [1.807, 2.05) is 18.2 Å². The average Bonchev–Trinajstić information content (AvgIpc) is 2.46. The number of rotatable bonds is 4. The summed E-state index contributed by atoms with van der Waals surface area (Å²) < 4.78 is 1.09. The van der Waals surface area contributed by atoms with Crippen LogP contribution >= 0.6 is 22.6 Å². The third kappa shape index (κ3) is 3.90. The summed E-state index contributed by atoms with van der Waals surface area (Å²) in [5, 5.41) is 3.40. The van der Waals surface area contributed by atoms with Gasteiger partial charge >= 0.3 is 0 Å². The fourth-order valence-corrected chi connectivity index (χ4v) is 3.16. The Kier molecular flexibility index (Phi) is 5.13. The largest absolute Gasteiger partial charge is 0.369 e. The molecule has 0 unspecified atom stereocenters. The van der Waals surface area contributed by atoms with E-state index in [2.05, 4.69) is 65.6 Å². The number of halogens is 1. The fraction of sp³-hybridized carbons (Fsp3) is 0.438. The summed E-state index contributed by atoms with van der Waals surface area (Å²) in [4.78, 5) is 13.8. The molecule has 1 N–H and O–H groups in total. The van der Waals surface area contributed by atoms with E-state index in [9.17, 15) is 0 Å². The van der Waals surface area contributed by atoms with Crippen LogP contribution in [0.1, 0.15) is 39.8 Å². The lowest BCUT2D eigenvalue weighted by atomic mass is 9.92. The van der Waals surface area contributed by atoms with Crippen LogP contribution in [0.5, 0.6) is 0 Å². The van der Waals surface area contributed by atoms with Gasteiger partial charge in [0.25, 0.3) is 0 Å². The Bertz CT molecular complexity index is 606. The average molecular weight is 396 g/mol. The zero-order chi connectivity index (χ0) is 15.5.